The van der Waals surface area contributed by atoms with Gasteiger partial charge in [-0.1, -0.05) is 54.6 Å². The number of fused-ring (bicyclic) bond motifs is 1. The number of Topliss-reactive ketones (excluding diaryl/α,β-unsaturated/α-hetero) is 1. The van der Waals surface area contributed by atoms with Gasteiger partial charge in [0.15, 0.2) is 5.78 Å². The van der Waals surface area contributed by atoms with Crippen molar-refractivity contribution in [3.8, 4) is 0 Å². The number of aromatic nitrogens is 2. The molecule has 6 heteroatoms. The molecule has 1 saturated heterocycles. The predicted octanol–water partition coefficient (Wildman–Crippen LogP) is 4.58. The molecule has 5 rings (SSSR count). The largest absolute Gasteiger partial charge is 0.320 e. The normalized spacial score (nSPS) is 16.2. The number of carbonyl (C=O) groups is 2. The first kappa shape index (κ1) is 19.2. The minimum atomic E-state index is -0.427. The highest BCUT2D eigenvalue weighted by molar-refractivity contribution is 5.98. The van der Waals surface area contributed by atoms with Crippen molar-refractivity contribution in [1.29, 1.82) is 0 Å². The van der Waals surface area contributed by atoms with Gasteiger partial charge in [0, 0.05) is 24.4 Å². The number of halogens is 1. The van der Waals surface area contributed by atoms with Crippen LogP contribution in [0.25, 0.3) is 11.0 Å². The summed E-state index contributed by atoms with van der Waals surface area (Å²) in [6.07, 6.45) is 0.219. The molecule has 1 aromatic heterocycles. The van der Waals surface area contributed by atoms with Gasteiger partial charge in [0.25, 0.3) is 0 Å². The van der Waals surface area contributed by atoms with Crippen LogP contribution in [0.4, 0.5) is 10.1 Å². The number of benzene rings is 3. The predicted molar refractivity (Wildman–Crippen MR) is 117 cm³/mol. The third-order valence-corrected chi connectivity index (χ3v) is 5.71. The van der Waals surface area contributed by atoms with E-state index in [4.69, 9.17) is 4.98 Å². The van der Waals surface area contributed by atoms with Gasteiger partial charge in [0.2, 0.25) is 5.91 Å². The number of nitrogens with zero attached hydrogens (tertiary/aromatic N) is 3. The van der Waals surface area contributed by atoms with Gasteiger partial charge in [-0.3, -0.25) is 9.59 Å². The van der Waals surface area contributed by atoms with E-state index in [1.54, 1.807) is 30.3 Å². The Hall–Kier alpha value is -3.80. The highest BCUT2D eigenvalue weighted by Crippen LogP contribution is 2.34. The highest BCUT2D eigenvalue weighted by atomic mass is 19.1. The van der Waals surface area contributed by atoms with Gasteiger partial charge in [-0.05, 0) is 24.3 Å². The molecule has 0 saturated carbocycles. The Bertz CT molecular complexity index is 1280. The third kappa shape index (κ3) is 3.50. The molecule has 1 aliphatic heterocycles. The zero-order valence-electron chi connectivity index (χ0n) is 16.7. The molecule has 2 heterocycles. The second-order valence-electron chi connectivity index (χ2n) is 7.69. The summed E-state index contributed by atoms with van der Waals surface area (Å²) in [6, 6.07) is 23.0. The number of para-hydroxylation sites is 3. The van der Waals surface area contributed by atoms with Gasteiger partial charge in [0.05, 0.1) is 23.3 Å². The summed E-state index contributed by atoms with van der Waals surface area (Å²) in [5, 5.41) is 0. The Morgan fingerprint density at radius 3 is 2.48 bits per heavy atom. The number of hydrogen-bond donors (Lipinski definition) is 0. The molecule has 1 atom stereocenters. The van der Waals surface area contributed by atoms with Gasteiger partial charge in [-0.25, -0.2) is 9.37 Å². The van der Waals surface area contributed by atoms with Crippen LogP contribution in [0.1, 0.15) is 28.5 Å². The summed E-state index contributed by atoms with van der Waals surface area (Å²) in [7, 11) is 0. The summed E-state index contributed by atoms with van der Waals surface area (Å²) >= 11 is 0. The van der Waals surface area contributed by atoms with E-state index < -0.39 is 5.82 Å². The van der Waals surface area contributed by atoms with E-state index in [1.807, 2.05) is 47.0 Å². The molecule has 1 fully saturated rings. The van der Waals surface area contributed by atoms with Crippen LogP contribution in [0.15, 0.2) is 78.9 Å². The Kier molecular flexibility index (Phi) is 4.82. The van der Waals surface area contributed by atoms with Gasteiger partial charge in [-0.2, -0.15) is 0 Å². The quantitative estimate of drug-likeness (QED) is 0.450. The molecule has 154 valence electrons. The number of amides is 1. The second-order valence-corrected chi connectivity index (χ2v) is 7.69. The molecule has 0 radical (unpaired) electrons. The van der Waals surface area contributed by atoms with E-state index in [-0.39, 0.29) is 36.3 Å². The smallest absolute Gasteiger partial charge is 0.227 e. The average molecular weight is 413 g/mol. The van der Waals surface area contributed by atoms with E-state index in [0.717, 1.165) is 11.0 Å². The zero-order valence-corrected chi connectivity index (χ0v) is 16.7. The maximum atomic E-state index is 14.3. The number of ketones is 1. The lowest BCUT2D eigenvalue weighted by molar-refractivity contribution is -0.117. The summed E-state index contributed by atoms with van der Waals surface area (Å²) in [6.45, 7) is 0.451. The van der Waals surface area contributed by atoms with Crippen molar-refractivity contribution in [1.82, 2.24) is 9.55 Å². The second kappa shape index (κ2) is 7.80. The van der Waals surface area contributed by atoms with Crippen LogP contribution in [0, 0.1) is 5.82 Å². The van der Waals surface area contributed by atoms with Crippen LogP contribution in [-0.4, -0.2) is 27.8 Å². The monoisotopic (exact) mass is 413 g/mol. The van der Waals surface area contributed by atoms with E-state index >= 15 is 0 Å². The summed E-state index contributed by atoms with van der Waals surface area (Å²) in [5.41, 5.74) is 2.52. The minimum Gasteiger partial charge on any atom is -0.320 e. The van der Waals surface area contributed by atoms with E-state index in [9.17, 15) is 14.0 Å². The van der Waals surface area contributed by atoms with Crippen LogP contribution in [-0.2, 0) is 11.3 Å². The first-order valence-electron chi connectivity index (χ1n) is 10.2. The van der Waals surface area contributed by atoms with E-state index in [2.05, 4.69) is 0 Å². The number of rotatable bonds is 5. The third-order valence-electron chi connectivity index (χ3n) is 5.71. The van der Waals surface area contributed by atoms with Crippen molar-refractivity contribution in [2.75, 3.05) is 11.4 Å². The summed E-state index contributed by atoms with van der Waals surface area (Å²) in [5.74, 6) is -0.159. The lowest BCUT2D eigenvalue weighted by Crippen LogP contribution is -2.25. The fourth-order valence-electron chi connectivity index (χ4n) is 4.21. The van der Waals surface area contributed by atoms with Gasteiger partial charge in [0.1, 0.15) is 11.6 Å². The van der Waals surface area contributed by atoms with Crippen molar-refractivity contribution < 1.29 is 14.0 Å². The van der Waals surface area contributed by atoms with E-state index in [0.29, 0.717) is 17.9 Å². The maximum absolute atomic E-state index is 14.3. The van der Waals surface area contributed by atoms with Crippen LogP contribution in [0.3, 0.4) is 0 Å². The molecule has 0 bridgehead atoms. The first-order valence-corrected chi connectivity index (χ1v) is 10.2. The SMILES string of the molecule is O=C(Cn1c(C2CC(=O)N(c3ccccc3F)C2)nc2ccccc21)c1ccccc1. The average Bonchev–Trinajstić information content (AvgIpc) is 3.35. The van der Waals surface area contributed by atoms with Crippen molar-refractivity contribution >= 4 is 28.4 Å². The fraction of sp³-hybridized carbons (Fsp3) is 0.160. The van der Waals surface area contributed by atoms with Crippen molar-refractivity contribution in [2.45, 2.75) is 18.9 Å². The topological polar surface area (TPSA) is 55.2 Å². The zero-order chi connectivity index (χ0) is 21.4. The molecule has 0 aliphatic carbocycles. The van der Waals surface area contributed by atoms with Crippen molar-refractivity contribution in [3.63, 3.8) is 0 Å². The molecule has 1 amide bonds. The minimum absolute atomic E-state index is 0.0275. The van der Waals surface area contributed by atoms with Crippen molar-refractivity contribution in [3.05, 3.63) is 96.1 Å². The molecule has 31 heavy (non-hydrogen) atoms. The van der Waals surface area contributed by atoms with Gasteiger partial charge in [-0.15, -0.1) is 0 Å². The number of imidazole rings is 1. The maximum Gasteiger partial charge on any atom is 0.227 e. The first-order chi connectivity index (χ1) is 15.1. The Labute approximate surface area is 178 Å². The van der Waals surface area contributed by atoms with Crippen LogP contribution in [0.5, 0.6) is 0 Å². The van der Waals surface area contributed by atoms with Crippen LogP contribution < -0.4 is 4.90 Å². The molecular formula is C25H20FN3O2. The number of carbonyl (C=O) groups excluding carboxylic acids is 2. The van der Waals surface area contributed by atoms with Crippen LogP contribution in [0.2, 0.25) is 0 Å². The fourth-order valence-corrected chi connectivity index (χ4v) is 4.21. The number of anilines is 1. The molecule has 1 aliphatic rings. The standard InChI is InChI=1S/C25H20FN3O2/c26-19-10-4-6-12-21(19)28-15-18(14-24(28)31)25-27-20-11-5-7-13-22(20)29(25)16-23(30)17-8-2-1-3-9-17/h1-13,18H,14-16H2. The molecule has 3 aromatic carbocycles. The van der Waals surface area contributed by atoms with Gasteiger partial charge >= 0.3 is 0 Å². The Morgan fingerprint density at radius 1 is 0.968 bits per heavy atom. The summed E-state index contributed by atoms with van der Waals surface area (Å²) < 4.78 is 16.2. The summed E-state index contributed by atoms with van der Waals surface area (Å²) in [4.78, 5) is 31.9. The Balaban J connectivity index is 1.52. The van der Waals surface area contributed by atoms with Crippen molar-refractivity contribution in [2.24, 2.45) is 0 Å². The van der Waals surface area contributed by atoms with Gasteiger partial charge < -0.3 is 9.47 Å². The highest BCUT2D eigenvalue weighted by Gasteiger charge is 2.36. The number of hydrogen-bond acceptors (Lipinski definition) is 3. The molecular weight excluding hydrogens is 393 g/mol. The molecule has 1 unspecified atom stereocenters. The molecule has 0 spiro atoms. The van der Waals surface area contributed by atoms with Crippen LogP contribution >= 0.6 is 0 Å². The molecule has 0 N–H and O–H groups in total. The molecule has 4 aromatic rings. The van der Waals surface area contributed by atoms with E-state index in [1.165, 1.54) is 11.0 Å². The lowest BCUT2D eigenvalue weighted by Gasteiger charge is -2.18. The molecule has 5 nitrogen and oxygen atoms in total. The lowest BCUT2D eigenvalue weighted by atomic mass is 10.1. The Morgan fingerprint density at radius 2 is 1.68 bits per heavy atom.